The van der Waals surface area contributed by atoms with Gasteiger partial charge in [0, 0.05) is 36.2 Å². The molecule has 1 saturated heterocycles. The van der Waals surface area contributed by atoms with Gasteiger partial charge >= 0.3 is 0 Å². The fourth-order valence-electron chi connectivity index (χ4n) is 3.66. The van der Waals surface area contributed by atoms with E-state index in [1.54, 1.807) is 4.52 Å². The molecule has 0 radical (unpaired) electrons. The Morgan fingerprint density at radius 2 is 2.24 bits per heavy atom. The molecule has 7 heteroatoms. The van der Waals surface area contributed by atoms with Crippen molar-refractivity contribution >= 4 is 11.6 Å². The maximum absolute atomic E-state index is 12.7. The van der Waals surface area contributed by atoms with Gasteiger partial charge in [-0.2, -0.15) is 0 Å². The molecular formula is C18H26N4O3. The van der Waals surface area contributed by atoms with Gasteiger partial charge in [-0.15, -0.1) is 0 Å². The molecule has 25 heavy (non-hydrogen) atoms. The first-order valence-electron chi connectivity index (χ1n) is 8.85. The predicted octanol–water partition coefficient (Wildman–Crippen LogP) is 1.71. The summed E-state index contributed by atoms with van der Waals surface area (Å²) in [6.45, 7) is 9.11. The average Bonchev–Trinajstić information content (AvgIpc) is 2.94. The van der Waals surface area contributed by atoms with Crippen molar-refractivity contribution in [1.29, 1.82) is 0 Å². The molecule has 0 bridgehead atoms. The van der Waals surface area contributed by atoms with Crippen molar-refractivity contribution in [3.05, 3.63) is 33.4 Å². The molecule has 2 atom stereocenters. The fraction of sp³-hybridized carbons (Fsp3) is 0.611. The van der Waals surface area contributed by atoms with Gasteiger partial charge in [-0.25, -0.2) is 9.50 Å². The maximum atomic E-state index is 12.7. The number of aromatic amines is 1. The third-order valence-electron chi connectivity index (χ3n) is 5.00. The molecule has 3 heterocycles. The van der Waals surface area contributed by atoms with Crippen LogP contribution in [0.1, 0.15) is 43.6 Å². The summed E-state index contributed by atoms with van der Waals surface area (Å²) in [5.74, 6) is 0.221. The van der Waals surface area contributed by atoms with Crippen LogP contribution in [0.25, 0.3) is 5.65 Å². The number of carbonyl (C=O) groups is 1. The van der Waals surface area contributed by atoms with Gasteiger partial charge in [-0.05, 0) is 32.6 Å². The van der Waals surface area contributed by atoms with E-state index in [2.05, 4.69) is 29.2 Å². The summed E-state index contributed by atoms with van der Waals surface area (Å²) in [6.07, 6.45) is 1.74. The fourth-order valence-corrected chi connectivity index (χ4v) is 3.66. The van der Waals surface area contributed by atoms with Gasteiger partial charge in [0.2, 0.25) is 5.91 Å². The van der Waals surface area contributed by atoms with E-state index in [1.165, 1.54) is 6.07 Å². The molecule has 1 aliphatic heterocycles. The van der Waals surface area contributed by atoms with Gasteiger partial charge in [0.05, 0.1) is 12.0 Å². The average molecular weight is 346 g/mol. The van der Waals surface area contributed by atoms with Crippen molar-refractivity contribution in [3.63, 3.8) is 0 Å². The van der Waals surface area contributed by atoms with Crippen LogP contribution in [0.15, 0.2) is 10.9 Å². The van der Waals surface area contributed by atoms with E-state index in [0.717, 1.165) is 36.4 Å². The Morgan fingerprint density at radius 1 is 1.48 bits per heavy atom. The summed E-state index contributed by atoms with van der Waals surface area (Å²) in [7, 11) is 0. The normalized spacial score (nSPS) is 21.0. The number of aryl methyl sites for hydroxylation is 2. The first-order chi connectivity index (χ1) is 11.9. The summed E-state index contributed by atoms with van der Waals surface area (Å²) in [6, 6.07) is 1.47. The monoisotopic (exact) mass is 346 g/mol. The van der Waals surface area contributed by atoms with Crippen LogP contribution in [0.4, 0.5) is 0 Å². The smallest absolute Gasteiger partial charge is 0.266 e. The largest absolute Gasteiger partial charge is 0.377 e. The molecule has 2 N–H and O–H groups in total. The van der Waals surface area contributed by atoms with E-state index >= 15 is 0 Å². The summed E-state index contributed by atoms with van der Waals surface area (Å²) in [5, 5.41) is 5.78. The van der Waals surface area contributed by atoms with E-state index in [4.69, 9.17) is 4.74 Å². The number of fused-ring (bicyclic) bond motifs is 1. The number of hydrogen-bond acceptors (Lipinski definition) is 4. The van der Waals surface area contributed by atoms with E-state index < -0.39 is 0 Å². The van der Waals surface area contributed by atoms with Crippen LogP contribution < -0.4 is 10.9 Å². The van der Waals surface area contributed by atoms with Gasteiger partial charge in [0.1, 0.15) is 0 Å². The van der Waals surface area contributed by atoms with Crippen molar-refractivity contribution in [1.82, 2.24) is 19.9 Å². The van der Waals surface area contributed by atoms with Gasteiger partial charge in [-0.3, -0.25) is 14.7 Å². The number of rotatable bonds is 4. The number of aromatic nitrogens is 3. The van der Waals surface area contributed by atoms with Gasteiger partial charge in [0.25, 0.3) is 5.56 Å². The molecule has 0 saturated carbocycles. The quantitative estimate of drug-likeness (QED) is 0.882. The Hall–Kier alpha value is -2.15. The number of ether oxygens (including phenoxy) is 1. The zero-order chi connectivity index (χ0) is 18.1. The Bertz CT molecular complexity index is 837. The predicted molar refractivity (Wildman–Crippen MR) is 94.4 cm³/mol. The standard InChI is InChI=1S/C18H26N4O3/c1-10(2)17-13(6-5-7-25-17)18(24)19-9-14-11(3)20-15-8-16(23)21-22(15)12(14)4/h8,10,13,17H,5-7,9H2,1-4H3,(H,19,24)(H,21,23). The molecule has 7 nitrogen and oxygen atoms in total. The highest BCUT2D eigenvalue weighted by atomic mass is 16.5. The number of hydrogen-bond donors (Lipinski definition) is 2. The molecule has 3 rings (SSSR count). The van der Waals surface area contributed by atoms with Crippen LogP contribution in [-0.2, 0) is 16.1 Å². The Balaban J connectivity index is 1.78. The maximum Gasteiger partial charge on any atom is 0.266 e. The molecule has 1 fully saturated rings. The zero-order valence-electron chi connectivity index (χ0n) is 15.3. The first-order valence-corrected chi connectivity index (χ1v) is 8.85. The van der Waals surface area contributed by atoms with Crippen LogP contribution in [0, 0.1) is 25.7 Å². The highest BCUT2D eigenvalue weighted by Gasteiger charge is 2.33. The van der Waals surface area contributed by atoms with Gasteiger partial charge < -0.3 is 10.1 Å². The van der Waals surface area contributed by atoms with Gasteiger partial charge in [0.15, 0.2) is 5.65 Å². The molecule has 2 unspecified atom stereocenters. The van der Waals surface area contributed by atoms with E-state index in [-0.39, 0.29) is 23.5 Å². The second-order valence-electron chi connectivity index (χ2n) is 7.12. The van der Waals surface area contributed by atoms with Crippen LogP contribution in [0.3, 0.4) is 0 Å². The lowest BCUT2D eigenvalue weighted by molar-refractivity contribution is -0.137. The molecule has 0 aromatic carbocycles. The number of carbonyl (C=O) groups excluding carboxylic acids is 1. The van der Waals surface area contributed by atoms with Crippen molar-refractivity contribution in [2.24, 2.45) is 11.8 Å². The molecule has 1 amide bonds. The molecule has 2 aromatic rings. The van der Waals surface area contributed by atoms with Crippen LogP contribution in [-0.4, -0.2) is 33.2 Å². The number of nitrogens with zero attached hydrogens (tertiary/aromatic N) is 2. The number of amides is 1. The lowest BCUT2D eigenvalue weighted by Gasteiger charge is -2.33. The summed E-state index contributed by atoms with van der Waals surface area (Å²) < 4.78 is 7.48. The minimum Gasteiger partial charge on any atom is -0.377 e. The minimum atomic E-state index is -0.185. The van der Waals surface area contributed by atoms with Crippen molar-refractivity contribution in [2.45, 2.75) is 53.2 Å². The number of nitrogens with one attached hydrogen (secondary N) is 2. The number of H-pyrrole nitrogens is 1. The Morgan fingerprint density at radius 3 is 2.96 bits per heavy atom. The second kappa shape index (κ2) is 7.00. The Kier molecular flexibility index (Phi) is 4.94. The Labute approximate surface area is 146 Å². The van der Waals surface area contributed by atoms with E-state index in [1.807, 2.05) is 13.8 Å². The SMILES string of the molecule is Cc1nc2cc(=O)[nH]n2c(C)c1CNC(=O)C1CCCOC1C(C)C. The molecule has 2 aromatic heterocycles. The van der Waals surface area contributed by atoms with E-state index in [0.29, 0.717) is 18.1 Å². The molecular weight excluding hydrogens is 320 g/mol. The van der Waals surface area contributed by atoms with Crippen LogP contribution >= 0.6 is 0 Å². The lowest BCUT2D eigenvalue weighted by Crippen LogP contribution is -2.43. The third kappa shape index (κ3) is 3.46. The first kappa shape index (κ1) is 17.7. The highest BCUT2D eigenvalue weighted by Crippen LogP contribution is 2.26. The van der Waals surface area contributed by atoms with E-state index in [9.17, 15) is 9.59 Å². The summed E-state index contributed by atoms with van der Waals surface area (Å²) >= 11 is 0. The van der Waals surface area contributed by atoms with Crippen molar-refractivity contribution in [3.8, 4) is 0 Å². The zero-order valence-corrected chi connectivity index (χ0v) is 15.3. The van der Waals surface area contributed by atoms with Crippen LogP contribution in [0.2, 0.25) is 0 Å². The van der Waals surface area contributed by atoms with Gasteiger partial charge in [-0.1, -0.05) is 13.8 Å². The molecule has 1 aliphatic rings. The lowest BCUT2D eigenvalue weighted by atomic mass is 9.87. The third-order valence-corrected chi connectivity index (χ3v) is 5.00. The van der Waals surface area contributed by atoms with Crippen molar-refractivity contribution in [2.75, 3.05) is 6.61 Å². The minimum absolute atomic E-state index is 0.0262. The second-order valence-corrected chi connectivity index (χ2v) is 7.12. The summed E-state index contributed by atoms with van der Waals surface area (Å²) in [4.78, 5) is 28.7. The summed E-state index contributed by atoms with van der Waals surface area (Å²) in [5.41, 5.74) is 3.03. The topological polar surface area (TPSA) is 88.5 Å². The van der Waals surface area contributed by atoms with Crippen LogP contribution in [0.5, 0.6) is 0 Å². The molecule has 136 valence electrons. The van der Waals surface area contributed by atoms with Crippen molar-refractivity contribution < 1.29 is 9.53 Å². The molecule has 0 aliphatic carbocycles. The highest BCUT2D eigenvalue weighted by molar-refractivity contribution is 5.79. The molecule has 0 spiro atoms.